The number of aliphatic carboxylic acids is 1. The Kier molecular flexibility index (Phi) is 6.97. The van der Waals surface area contributed by atoms with Gasteiger partial charge in [0.05, 0.1) is 12.6 Å². The van der Waals surface area contributed by atoms with Crippen molar-refractivity contribution in [3.8, 4) is 0 Å². The van der Waals surface area contributed by atoms with Crippen molar-refractivity contribution in [2.24, 2.45) is 0 Å². The molecule has 1 aromatic heterocycles. The van der Waals surface area contributed by atoms with Crippen LogP contribution in [0.15, 0.2) is 16.5 Å². The maximum atomic E-state index is 12.2. The molecule has 0 radical (unpaired) electrons. The molecule has 1 aromatic rings. The van der Waals surface area contributed by atoms with Crippen molar-refractivity contribution in [2.45, 2.75) is 64.5 Å². The van der Waals surface area contributed by atoms with Crippen LogP contribution in [0.4, 0.5) is 18.0 Å². The zero-order valence-corrected chi connectivity index (χ0v) is 16.1. The van der Waals surface area contributed by atoms with Crippen LogP contribution in [-0.2, 0) is 11.3 Å². The number of urea groups is 1. The summed E-state index contributed by atoms with van der Waals surface area (Å²) in [6.45, 7) is 8.75. The lowest BCUT2D eigenvalue weighted by Gasteiger charge is -2.26. The summed E-state index contributed by atoms with van der Waals surface area (Å²) < 4.78 is 37.4. The monoisotopic (exact) mass is 405 g/mol. The largest absolute Gasteiger partial charge is 0.490 e. The number of hydrogen-bond acceptors (Lipinski definition) is 4. The molecule has 7 nitrogen and oxygen atoms in total. The van der Waals surface area contributed by atoms with Crippen LogP contribution in [0.2, 0.25) is 0 Å². The van der Waals surface area contributed by atoms with Crippen LogP contribution in [0.1, 0.15) is 38.2 Å². The number of nitrogens with zero attached hydrogens (tertiary/aromatic N) is 2. The third-order valence-electron chi connectivity index (χ3n) is 4.76. The first-order valence-electron chi connectivity index (χ1n) is 9.15. The number of rotatable bonds is 3. The molecule has 2 aliphatic rings. The highest BCUT2D eigenvalue weighted by atomic mass is 19.4. The van der Waals surface area contributed by atoms with E-state index in [4.69, 9.17) is 14.3 Å². The van der Waals surface area contributed by atoms with Gasteiger partial charge in [-0.05, 0) is 45.7 Å². The van der Waals surface area contributed by atoms with E-state index < -0.39 is 12.1 Å². The minimum Gasteiger partial charge on any atom is -0.475 e. The molecule has 2 fully saturated rings. The van der Waals surface area contributed by atoms with Crippen LogP contribution in [0, 0.1) is 6.92 Å². The standard InChI is InChI=1S/C16H25N3O2.C2HF3O2/c1-11(2)17-16(20)19-9-7-14-15(19)6-8-18(14)10-13-5-4-12(3)21-13;3-2(4,5)1(6)7/h4-5,11,14-15H,6-10H2,1-3H3,(H,17,20);(H,6,7)/t14-,15+;/m0./s1. The highest BCUT2D eigenvalue weighted by molar-refractivity contribution is 5.75. The number of nitrogens with one attached hydrogen (secondary N) is 1. The highest BCUT2D eigenvalue weighted by Crippen LogP contribution is 2.32. The molecule has 28 heavy (non-hydrogen) atoms. The van der Waals surface area contributed by atoms with Gasteiger partial charge in [0.15, 0.2) is 0 Å². The molecule has 2 atom stereocenters. The van der Waals surface area contributed by atoms with Gasteiger partial charge in [-0.15, -0.1) is 0 Å². The van der Waals surface area contributed by atoms with E-state index in [1.807, 2.05) is 31.7 Å². The second-order valence-corrected chi connectivity index (χ2v) is 7.30. The molecular weight excluding hydrogens is 379 g/mol. The quantitative estimate of drug-likeness (QED) is 0.808. The minimum absolute atomic E-state index is 0.0909. The van der Waals surface area contributed by atoms with Crippen LogP contribution in [0.3, 0.4) is 0 Å². The lowest BCUT2D eigenvalue weighted by molar-refractivity contribution is -0.192. The molecule has 2 N–H and O–H groups in total. The fourth-order valence-electron chi connectivity index (χ4n) is 3.62. The van der Waals surface area contributed by atoms with E-state index >= 15 is 0 Å². The van der Waals surface area contributed by atoms with Crippen LogP contribution in [-0.4, -0.2) is 64.3 Å². The summed E-state index contributed by atoms with van der Waals surface area (Å²) >= 11 is 0. The Balaban J connectivity index is 0.000000345. The van der Waals surface area contributed by atoms with Crippen molar-refractivity contribution in [1.29, 1.82) is 0 Å². The first-order chi connectivity index (χ1) is 13.0. The van der Waals surface area contributed by atoms with Gasteiger partial charge in [0.1, 0.15) is 11.5 Å². The lowest BCUT2D eigenvalue weighted by Crippen LogP contribution is -2.46. The van der Waals surface area contributed by atoms with E-state index in [9.17, 15) is 18.0 Å². The fourth-order valence-corrected chi connectivity index (χ4v) is 3.62. The van der Waals surface area contributed by atoms with Crippen molar-refractivity contribution in [2.75, 3.05) is 13.1 Å². The molecule has 0 aliphatic carbocycles. The van der Waals surface area contributed by atoms with Crippen LogP contribution in [0.5, 0.6) is 0 Å². The third kappa shape index (κ3) is 5.63. The van der Waals surface area contributed by atoms with Crippen LogP contribution in [0.25, 0.3) is 0 Å². The van der Waals surface area contributed by atoms with Gasteiger partial charge in [-0.3, -0.25) is 4.90 Å². The average molecular weight is 405 g/mol. The smallest absolute Gasteiger partial charge is 0.475 e. The highest BCUT2D eigenvalue weighted by Gasteiger charge is 2.44. The maximum Gasteiger partial charge on any atom is 0.490 e. The van der Waals surface area contributed by atoms with Gasteiger partial charge < -0.3 is 19.7 Å². The number of fused-ring (bicyclic) bond motifs is 1. The van der Waals surface area contributed by atoms with Gasteiger partial charge in [-0.25, -0.2) is 9.59 Å². The predicted molar refractivity (Wildman–Crippen MR) is 94.7 cm³/mol. The summed E-state index contributed by atoms with van der Waals surface area (Å²) in [5.41, 5.74) is 0. The molecule has 0 saturated carbocycles. The first-order valence-corrected chi connectivity index (χ1v) is 9.15. The molecule has 3 heterocycles. The normalized spacial score (nSPS) is 22.0. The number of likely N-dealkylation sites (tertiary alicyclic amines) is 2. The van der Waals surface area contributed by atoms with Crippen molar-refractivity contribution >= 4 is 12.0 Å². The number of hydrogen-bond donors (Lipinski definition) is 2. The SMILES string of the molecule is Cc1ccc(CN2CC[C@@H]3[C@@H]2CCN3C(=O)NC(C)C)o1.O=C(O)C(F)(F)F. The Morgan fingerprint density at radius 1 is 1.25 bits per heavy atom. The van der Waals surface area contributed by atoms with Crippen molar-refractivity contribution < 1.29 is 32.3 Å². The Morgan fingerprint density at radius 3 is 2.36 bits per heavy atom. The topological polar surface area (TPSA) is 86.0 Å². The summed E-state index contributed by atoms with van der Waals surface area (Å²) in [5, 5.41) is 10.1. The fraction of sp³-hybridized carbons (Fsp3) is 0.667. The molecule has 10 heteroatoms. The lowest BCUT2D eigenvalue weighted by atomic mass is 10.1. The van der Waals surface area contributed by atoms with Gasteiger partial charge in [0, 0.05) is 25.2 Å². The minimum atomic E-state index is -5.08. The number of carbonyl (C=O) groups is 2. The molecule has 158 valence electrons. The van der Waals surface area contributed by atoms with E-state index in [-0.39, 0.29) is 12.1 Å². The Morgan fingerprint density at radius 2 is 1.86 bits per heavy atom. The Bertz CT molecular complexity index is 690. The van der Waals surface area contributed by atoms with Gasteiger partial charge in [0.25, 0.3) is 0 Å². The number of halogens is 3. The average Bonchev–Trinajstić information content (AvgIpc) is 3.24. The molecule has 2 aliphatic heterocycles. The van der Waals surface area contributed by atoms with Crippen LogP contribution < -0.4 is 5.32 Å². The number of aryl methyl sites for hydroxylation is 1. The summed E-state index contributed by atoms with van der Waals surface area (Å²) in [7, 11) is 0. The zero-order valence-electron chi connectivity index (χ0n) is 16.1. The van der Waals surface area contributed by atoms with Crippen molar-refractivity contribution in [1.82, 2.24) is 15.1 Å². The summed E-state index contributed by atoms with van der Waals surface area (Å²) in [6.07, 6.45) is -2.95. The molecule has 0 aromatic carbocycles. The molecule has 3 rings (SSSR count). The second-order valence-electron chi connectivity index (χ2n) is 7.30. The van der Waals surface area contributed by atoms with E-state index in [2.05, 4.69) is 16.3 Å². The van der Waals surface area contributed by atoms with Crippen LogP contribution >= 0.6 is 0 Å². The van der Waals surface area contributed by atoms with Gasteiger partial charge >= 0.3 is 18.2 Å². The number of amides is 2. The van der Waals surface area contributed by atoms with Crippen molar-refractivity contribution in [3.63, 3.8) is 0 Å². The van der Waals surface area contributed by atoms with E-state index in [1.54, 1.807) is 0 Å². The molecule has 0 spiro atoms. The molecule has 0 unspecified atom stereocenters. The van der Waals surface area contributed by atoms with Gasteiger partial charge in [-0.2, -0.15) is 13.2 Å². The van der Waals surface area contributed by atoms with E-state index in [1.165, 1.54) is 0 Å². The van der Waals surface area contributed by atoms with Crippen molar-refractivity contribution in [3.05, 3.63) is 23.7 Å². The first kappa shape index (κ1) is 22.1. The van der Waals surface area contributed by atoms with Gasteiger partial charge in [0.2, 0.25) is 0 Å². The number of alkyl halides is 3. The molecule has 2 saturated heterocycles. The molecule has 2 amide bonds. The number of furan rings is 1. The molecule has 0 bridgehead atoms. The van der Waals surface area contributed by atoms with E-state index in [0.717, 1.165) is 44.0 Å². The maximum absolute atomic E-state index is 12.2. The number of carboxylic acid groups (broad SMARTS) is 1. The second kappa shape index (κ2) is 8.85. The summed E-state index contributed by atoms with van der Waals surface area (Å²) in [5.74, 6) is -0.768. The predicted octanol–water partition coefficient (Wildman–Crippen LogP) is 2.99. The Hall–Kier alpha value is -2.23. The molecular formula is C18H26F3N3O4. The Labute approximate surface area is 161 Å². The number of carbonyl (C=O) groups excluding carboxylic acids is 1. The van der Waals surface area contributed by atoms with Gasteiger partial charge in [-0.1, -0.05) is 0 Å². The van der Waals surface area contributed by atoms with E-state index in [0.29, 0.717) is 12.1 Å². The summed E-state index contributed by atoms with van der Waals surface area (Å²) in [6, 6.07) is 5.20. The third-order valence-corrected chi connectivity index (χ3v) is 4.76. The zero-order chi connectivity index (χ0) is 21.1. The number of carboxylic acids is 1. The summed E-state index contributed by atoms with van der Waals surface area (Å²) in [4.78, 5) is 25.6.